The number of rotatable bonds is 4. The second kappa shape index (κ2) is 6.69. The van der Waals surface area contributed by atoms with Gasteiger partial charge < -0.3 is 15.2 Å². The van der Waals surface area contributed by atoms with Gasteiger partial charge in [0.25, 0.3) is 0 Å². The van der Waals surface area contributed by atoms with Crippen LogP contribution in [0.5, 0.6) is 11.6 Å². The highest BCUT2D eigenvalue weighted by molar-refractivity contribution is 7.21. The summed E-state index contributed by atoms with van der Waals surface area (Å²) < 4.78 is 19.1. The van der Waals surface area contributed by atoms with Crippen LogP contribution in [0.4, 0.5) is 20.0 Å². The summed E-state index contributed by atoms with van der Waals surface area (Å²) in [6.07, 6.45) is -1.38. The van der Waals surface area contributed by atoms with Crippen LogP contribution in [0.3, 0.4) is 0 Å². The SMILES string of the molecule is CC(=O)Nc1nc2ccc(Oc3ccc(F)c(NC(=O)O)c3)nc2s1. The largest absolute Gasteiger partial charge is 0.465 e. The lowest BCUT2D eigenvalue weighted by Gasteiger charge is -2.07. The third kappa shape index (κ3) is 3.98. The van der Waals surface area contributed by atoms with Gasteiger partial charge in [-0.1, -0.05) is 11.3 Å². The number of ether oxygens (including phenoxy) is 1. The fourth-order valence-corrected chi connectivity index (χ4v) is 2.84. The molecule has 1 aromatic carbocycles. The summed E-state index contributed by atoms with van der Waals surface area (Å²) in [6.45, 7) is 1.38. The normalized spacial score (nSPS) is 10.5. The summed E-state index contributed by atoms with van der Waals surface area (Å²) >= 11 is 1.18. The van der Waals surface area contributed by atoms with Gasteiger partial charge >= 0.3 is 6.09 Å². The van der Waals surface area contributed by atoms with Crippen molar-refractivity contribution >= 4 is 44.5 Å². The molecule has 3 aromatic rings. The Labute approximate surface area is 144 Å². The first-order valence-electron chi connectivity index (χ1n) is 6.93. The summed E-state index contributed by atoms with van der Waals surface area (Å²) in [5.41, 5.74) is 0.366. The Kier molecular flexibility index (Phi) is 4.44. The van der Waals surface area contributed by atoms with Crippen LogP contribution in [0.1, 0.15) is 6.92 Å². The average molecular weight is 362 g/mol. The first kappa shape index (κ1) is 16.6. The third-order valence-corrected chi connectivity index (χ3v) is 3.80. The second-order valence-electron chi connectivity index (χ2n) is 4.85. The summed E-state index contributed by atoms with van der Waals surface area (Å²) in [6, 6.07) is 6.88. The number of fused-ring (bicyclic) bond motifs is 1. The lowest BCUT2D eigenvalue weighted by atomic mass is 10.3. The first-order chi connectivity index (χ1) is 11.9. The van der Waals surface area contributed by atoms with Crippen molar-refractivity contribution in [1.82, 2.24) is 9.97 Å². The number of halogens is 1. The maximum absolute atomic E-state index is 13.5. The molecule has 0 saturated carbocycles. The molecule has 0 spiro atoms. The summed E-state index contributed by atoms with van der Waals surface area (Å²) in [5, 5.41) is 13.6. The molecule has 0 unspecified atom stereocenters. The minimum atomic E-state index is -1.38. The van der Waals surface area contributed by atoms with Crippen LogP contribution < -0.4 is 15.4 Å². The van der Waals surface area contributed by atoms with Crippen molar-refractivity contribution in [3.63, 3.8) is 0 Å². The highest BCUT2D eigenvalue weighted by Crippen LogP contribution is 2.29. The van der Waals surface area contributed by atoms with Gasteiger partial charge in [-0.2, -0.15) is 0 Å². The number of nitrogens with zero attached hydrogens (tertiary/aromatic N) is 2. The number of hydrogen-bond donors (Lipinski definition) is 3. The Bertz CT molecular complexity index is 975. The standard InChI is InChI=1S/C15H11FN4O4S/c1-7(21)17-14-18-10-4-5-12(20-13(10)25-14)24-8-2-3-9(16)11(6-8)19-15(22)23/h2-6,19H,1H3,(H,22,23)(H,17,18,21). The smallest absolute Gasteiger partial charge is 0.409 e. The molecule has 0 bridgehead atoms. The Balaban J connectivity index is 1.85. The van der Waals surface area contributed by atoms with Crippen LogP contribution in [0.25, 0.3) is 10.3 Å². The summed E-state index contributed by atoms with van der Waals surface area (Å²) in [5.74, 6) is -0.525. The van der Waals surface area contributed by atoms with Crippen molar-refractivity contribution in [3.05, 3.63) is 36.1 Å². The maximum Gasteiger partial charge on any atom is 0.409 e. The lowest BCUT2D eigenvalue weighted by molar-refractivity contribution is -0.114. The number of hydrogen-bond acceptors (Lipinski definition) is 6. The molecule has 0 radical (unpaired) electrons. The number of anilines is 2. The molecule has 10 heteroatoms. The van der Waals surface area contributed by atoms with Gasteiger partial charge in [0.05, 0.1) is 5.69 Å². The monoisotopic (exact) mass is 362 g/mol. The molecule has 3 N–H and O–H groups in total. The fraction of sp³-hybridized carbons (Fsp3) is 0.0667. The van der Waals surface area contributed by atoms with Gasteiger partial charge in [0.15, 0.2) is 5.13 Å². The molecule has 0 saturated heterocycles. The van der Waals surface area contributed by atoms with Crippen LogP contribution in [0, 0.1) is 5.82 Å². The van der Waals surface area contributed by atoms with E-state index in [4.69, 9.17) is 9.84 Å². The van der Waals surface area contributed by atoms with E-state index < -0.39 is 11.9 Å². The van der Waals surface area contributed by atoms with Crippen LogP contribution >= 0.6 is 11.3 Å². The number of thiazole rings is 1. The highest BCUT2D eigenvalue weighted by Gasteiger charge is 2.11. The zero-order valence-electron chi connectivity index (χ0n) is 12.7. The number of amides is 2. The van der Waals surface area contributed by atoms with E-state index in [1.807, 2.05) is 5.32 Å². The van der Waals surface area contributed by atoms with E-state index in [9.17, 15) is 14.0 Å². The molecule has 0 aliphatic carbocycles. The Morgan fingerprint density at radius 1 is 1.20 bits per heavy atom. The van der Waals surface area contributed by atoms with E-state index in [-0.39, 0.29) is 23.2 Å². The van der Waals surface area contributed by atoms with Gasteiger partial charge in [0, 0.05) is 19.1 Å². The van der Waals surface area contributed by atoms with Gasteiger partial charge in [0.2, 0.25) is 11.8 Å². The number of nitrogens with one attached hydrogen (secondary N) is 2. The van der Waals surface area contributed by atoms with Gasteiger partial charge in [0.1, 0.15) is 21.9 Å². The third-order valence-electron chi connectivity index (χ3n) is 2.91. The fourth-order valence-electron chi connectivity index (χ4n) is 1.96. The number of carboxylic acid groups (broad SMARTS) is 1. The highest BCUT2D eigenvalue weighted by atomic mass is 32.1. The quantitative estimate of drug-likeness (QED) is 0.652. The maximum atomic E-state index is 13.5. The molecular formula is C15H11FN4O4S. The molecule has 2 aromatic heterocycles. The van der Waals surface area contributed by atoms with Gasteiger partial charge in [-0.3, -0.25) is 10.1 Å². The molecule has 8 nitrogen and oxygen atoms in total. The molecule has 2 heterocycles. The molecule has 2 amide bonds. The van der Waals surface area contributed by atoms with Crippen molar-refractivity contribution in [2.45, 2.75) is 6.92 Å². The Hall–Kier alpha value is -3.27. The zero-order valence-corrected chi connectivity index (χ0v) is 13.6. The van der Waals surface area contributed by atoms with Gasteiger partial charge in [-0.05, 0) is 18.2 Å². The van der Waals surface area contributed by atoms with Crippen LogP contribution in [0.15, 0.2) is 30.3 Å². The molecule has 0 fully saturated rings. The summed E-state index contributed by atoms with van der Waals surface area (Å²) in [4.78, 5) is 30.7. The molecule has 25 heavy (non-hydrogen) atoms. The number of carbonyl (C=O) groups is 2. The van der Waals surface area contributed by atoms with E-state index in [2.05, 4.69) is 15.3 Å². The molecular weight excluding hydrogens is 351 g/mol. The molecule has 0 atom stereocenters. The molecule has 128 valence electrons. The van der Waals surface area contributed by atoms with E-state index in [0.717, 1.165) is 6.07 Å². The number of aromatic nitrogens is 2. The molecule has 0 aliphatic rings. The van der Waals surface area contributed by atoms with Crippen molar-refractivity contribution in [3.8, 4) is 11.6 Å². The van der Waals surface area contributed by atoms with Crippen LogP contribution in [0.2, 0.25) is 0 Å². The second-order valence-corrected chi connectivity index (χ2v) is 5.83. The lowest BCUT2D eigenvalue weighted by Crippen LogP contribution is -2.08. The van der Waals surface area contributed by atoms with E-state index in [0.29, 0.717) is 15.5 Å². The van der Waals surface area contributed by atoms with Gasteiger partial charge in [-0.15, -0.1) is 0 Å². The van der Waals surface area contributed by atoms with Crippen LogP contribution in [-0.4, -0.2) is 27.1 Å². The number of pyridine rings is 1. The molecule has 0 aliphatic heterocycles. The predicted molar refractivity (Wildman–Crippen MR) is 89.8 cm³/mol. The minimum absolute atomic E-state index is 0.212. The minimum Gasteiger partial charge on any atom is -0.465 e. The Morgan fingerprint density at radius 3 is 2.72 bits per heavy atom. The van der Waals surface area contributed by atoms with Crippen molar-refractivity contribution < 1.29 is 23.8 Å². The topological polar surface area (TPSA) is 113 Å². The predicted octanol–water partition coefficient (Wildman–Crippen LogP) is 3.67. The number of benzene rings is 1. The summed E-state index contributed by atoms with van der Waals surface area (Å²) in [7, 11) is 0. The van der Waals surface area contributed by atoms with Crippen molar-refractivity contribution in [1.29, 1.82) is 0 Å². The average Bonchev–Trinajstić information content (AvgIpc) is 2.90. The van der Waals surface area contributed by atoms with Crippen molar-refractivity contribution in [2.75, 3.05) is 10.6 Å². The zero-order chi connectivity index (χ0) is 18.0. The Morgan fingerprint density at radius 2 is 2.00 bits per heavy atom. The van der Waals surface area contributed by atoms with Crippen molar-refractivity contribution in [2.24, 2.45) is 0 Å². The molecule has 3 rings (SSSR count). The number of carbonyl (C=O) groups excluding carboxylic acids is 1. The first-order valence-corrected chi connectivity index (χ1v) is 7.75. The van der Waals surface area contributed by atoms with E-state index in [1.54, 1.807) is 12.1 Å². The van der Waals surface area contributed by atoms with Crippen LogP contribution in [-0.2, 0) is 4.79 Å². The van der Waals surface area contributed by atoms with E-state index >= 15 is 0 Å². The van der Waals surface area contributed by atoms with Gasteiger partial charge in [-0.25, -0.2) is 19.2 Å². The van der Waals surface area contributed by atoms with E-state index in [1.165, 1.54) is 30.4 Å².